The summed E-state index contributed by atoms with van der Waals surface area (Å²) in [4.78, 5) is 3.52. The molecule has 1 unspecified atom stereocenters. The first-order valence-electron chi connectivity index (χ1n) is 6.60. The van der Waals surface area contributed by atoms with Gasteiger partial charge in [0.15, 0.2) is 0 Å². The van der Waals surface area contributed by atoms with E-state index < -0.39 is 0 Å². The van der Waals surface area contributed by atoms with Crippen molar-refractivity contribution in [2.45, 2.75) is 32.7 Å². The molecule has 1 heterocycles. The molecule has 2 aromatic rings. The summed E-state index contributed by atoms with van der Waals surface area (Å²) in [5.41, 5.74) is 3.90. The minimum atomic E-state index is 0.390. The zero-order chi connectivity index (χ0) is 13.1. The van der Waals surface area contributed by atoms with E-state index in [1.807, 2.05) is 13.1 Å². The maximum Gasteiger partial charge on any atom is 0.119 e. The summed E-state index contributed by atoms with van der Waals surface area (Å²) >= 11 is 0. The highest BCUT2D eigenvalue weighted by Gasteiger charge is 2.17. The van der Waals surface area contributed by atoms with Crippen LogP contribution >= 0.6 is 0 Å². The molecule has 0 saturated heterocycles. The molecule has 3 heteroatoms. The van der Waals surface area contributed by atoms with Gasteiger partial charge in [0.2, 0.25) is 0 Å². The van der Waals surface area contributed by atoms with Crippen LogP contribution in [0.3, 0.4) is 0 Å². The van der Waals surface area contributed by atoms with Gasteiger partial charge in [-0.3, -0.25) is 0 Å². The summed E-state index contributed by atoms with van der Waals surface area (Å²) in [5.74, 6) is 0.913. The number of hydrogen-bond acceptors (Lipinski definition) is 2. The molecule has 0 fully saturated rings. The van der Waals surface area contributed by atoms with Crippen molar-refractivity contribution in [2.75, 3.05) is 14.2 Å². The second-order valence-corrected chi connectivity index (χ2v) is 4.53. The van der Waals surface area contributed by atoms with Crippen LogP contribution in [0, 0.1) is 0 Å². The van der Waals surface area contributed by atoms with Crippen molar-refractivity contribution in [1.29, 1.82) is 0 Å². The maximum absolute atomic E-state index is 5.33. The molecular weight excluding hydrogens is 224 g/mol. The molecule has 1 atom stereocenters. The van der Waals surface area contributed by atoms with E-state index in [2.05, 4.69) is 36.3 Å². The summed E-state index contributed by atoms with van der Waals surface area (Å²) < 4.78 is 5.33. The van der Waals surface area contributed by atoms with Crippen LogP contribution < -0.4 is 10.1 Å². The van der Waals surface area contributed by atoms with Gasteiger partial charge in [0.05, 0.1) is 7.11 Å². The normalized spacial score (nSPS) is 12.9. The van der Waals surface area contributed by atoms with Gasteiger partial charge in [-0.1, -0.05) is 13.8 Å². The second kappa shape index (κ2) is 5.44. The van der Waals surface area contributed by atoms with Crippen molar-refractivity contribution < 1.29 is 4.74 Å². The second-order valence-electron chi connectivity index (χ2n) is 4.53. The Hall–Kier alpha value is -1.48. The molecule has 0 spiro atoms. The number of nitrogens with one attached hydrogen (secondary N) is 2. The van der Waals surface area contributed by atoms with Crippen molar-refractivity contribution >= 4 is 10.9 Å². The number of hydrogen-bond donors (Lipinski definition) is 2. The molecule has 0 amide bonds. The van der Waals surface area contributed by atoms with Crippen molar-refractivity contribution in [3.05, 3.63) is 29.5 Å². The molecular formula is C15H22N2O. The molecule has 2 N–H and O–H groups in total. The van der Waals surface area contributed by atoms with Crippen molar-refractivity contribution in [1.82, 2.24) is 10.3 Å². The molecule has 0 aliphatic heterocycles. The summed E-state index contributed by atoms with van der Waals surface area (Å²) in [6, 6.07) is 6.61. The minimum absolute atomic E-state index is 0.390. The zero-order valence-electron chi connectivity index (χ0n) is 11.6. The molecule has 2 rings (SSSR count). The quantitative estimate of drug-likeness (QED) is 0.848. The highest BCUT2D eigenvalue weighted by atomic mass is 16.5. The first kappa shape index (κ1) is 13.0. The van der Waals surface area contributed by atoms with Gasteiger partial charge in [0, 0.05) is 22.6 Å². The fourth-order valence-corrected chi connectivity index (χ4v) is 2.60. The third kappa shape index (κ3) is 2.10. The highest BCUT2D eigenvalue weighted by molar-refractivity contribution is 5.86. The van der Waals surface area contributed by atoms with Crippen LogP contribution in [0.25, 0.3) is 10.9 Å². The molecule has 1 aromatic carbocycles. The van der Waals surface area contributed by atoms with Crippen molar-refractivity contribution in [3.63, 3.8) is 0 Å². The Kier molecular flexibility index (Phi) is 3.92. The number of aromatic nitrogens is 1. The Bertz CT molecular complexity index is 527. The molecule has 0 saturated carbocycles. The number of H-pyrrole nitrogens is 1. The number of fused-ring (bicyclic) bond motifs is 1. The summed E-state index contributed by atoms with van der Waals surface area (Å²) in [7, 11) is 3.73. The monoisotopic (exact) mass is 246 g/mol. The van der Waals surface area contributed by atoms with Crippen LogP contribution in [0.4, 0.5) is 0 Å². The molecule has 0 radical (unpaired) electrons. The lowest BCUT2D eigenvalue weighted by Gasteiger charge is -2.15. The smallest absolute Gasteiger partial charge is 0.119 e. The van der Waals surface area contributed by atoms with E-state index in [0.29, 0.717) is 6.04 Å². The standard InChI is InChI=1S/C15H22N2O/c1-5-12(16-3)15-11-9-10(18-4)7-8-14(11)17-13(15)6-2/h7-9,12,16-17H,5-6H2,1-4H3. The Balaban J connectivity index is 2.65. The molecule has 0 aliphatic carbocycles. The predicted molar refractivity (Wildman–Crippen MR) is 76.3 cm³/mol. The van der Waals surface area contributed by atoms with Gasteiger partial charge in [0.1, 0.15) is 5.75 Å². The Morgan fingerprint density at radius 2 is 2.11 bits per heavy atom. The summed E-state index contributed by atoms with van der Waals surface area (Å²) in [6.45, 7) is 4.40. The van der Waals surface area contributed by atoms with Crippen LogP contribution in [0.1, 0.15) is 37.6 Å². The van der Waals surface area contributed by atoms with E-state index in [0.717, 1.165) is 18.6 Å². The number of aromatic amines is 1. The average Bonchev–Trinajstić information content (AvgIpc) is 2.78. The Morgan fingerprint density at radius 3 is 2.67 bits per heavy atom. The Labute approximate surface area is 109 Å². The zero-order valence-corrected chi connectivity index (χ0v) is 11.6. The van der Waals surface area contributed by atoms with Crippen molar-refractivity contribution in [2.24, 2.45) is 0 Å². The lowest BCUT2D eigenvalue weighted by atomic mass is 9.99. The molecule has 0 aliphatic rings. The molecule has 98 valence electrons. The average molecular weight is 246 g/mol. The van der Waals surface area contributed by atoms with Crippen LogP contribution in [0.5, 0.6) is 5.75 Å². The van der Waals surface area contributed by atoms with Gasteiger partial charge in [-0.05, 0) is 43.7 Å². The first-order chi connectivity index (χ1) is 8.74. The largest absolute Gasteiger partial charge is 0.497 e. The van der Waals surface area contributed by atoms with Crippen LogP contribution in [0.2, 0.25) is 0 Å². The number of ether oxygens (including phenoxy) is 1. The van der Waals surface area contributed by atoms with Crippen molar-refractivity contribution in [3.8, 4) is 5.75 Å². The van der Waals surface area contributed by atoms with E-state index >= 15 is 0 Å². The molecule has 1 aromatic heterocycles. The lowest BCUT2D eigenvalue weighted by Crippen LogP contribution is -2.16. The maximum atomic E-state index is 5.33. The van der Waals surface area contributed by atoms with E-state index in [1.54, 1.807) is 7.11 Å². The number of aryl methyl sites for hydroxylation is 1. The summed E-state index contributed by atoms with van der Waals surface area (Å²) in [5, 5.41) is 4.67. The third-order valence-electron chi connectivity index (χ3n) is 3.59. The van der Waals surface area contributed by atoms with Crippen LogP contribution in [0.15, 0.2) is 18.2 Å². The van der Waals surface area contributed by atoms with Gasteiger partial charge in [0.25, 0.3) is 0 Å². The van der Waals surface area contributed by atoms with E-state index in [4.69, 9.17) is 4.74 Å². The lowest BCUT2D eigenvalue weighted by molar-refractivity contribution is 0.415. The SMILES string of the molecule is CCc1[nH]c2ccc(OC)cc2c1C(CC)NC. The van der Waals surface area contributed by atoms with E-state index in [-0.39, 0.29) is 0 Å². The van der Waals surface area contributed by atoms with E-state index in [9.17, 15) is 0 Å². The van der Waals surface area contributed by atoms with Gasteiger partial charge < -0.3 is 15.0 Å². The van der Waals surface area contributed by atoms with Crippen LogP contribution in [-0.4, -0.2) is 19.1 Å². The third-order valence-corrected chi connectivity index (χ3v) is 3.59. The molecule has 18 heavy (non-hydrogen) atoms. The fourth-order valence-electron chi connectivity index (χ4n) is 2.60. The van der Waals surface area contributed by atoms with Gasteiger partial charge in [-0.2, -0.15) is 0 Å². The van der Waals surface area contributed by atoms with Gasteiger partial charge >= 0.3 is 0 Å². The van der Waals surface area contributed by atoms with Gasteiger partial charge in [-0.15, -0.1) is 0 Å². The van der Waals surface area contributed by atoms with E-state index in [1.165, 1.54) is 22.2 Å². The number of methoxy groups -OCH3 is 1. The fraction of sp³-hybridized carbons (Fsp3) is 0.467. The molecule has 0 bridgehead atoms. The minimum Gasteiger partial charge on any atom is -0.497 e. The van der Waals surface area contributed by atoms with Crippen LogP contribution in [-0.2, 0) is 6.42 Å². The molecule has 3 nitrogen and oxygen atoms in total. The first-order valence-corrected chi connectivity index (χ1v) is 6.60. The summed E-state index contributed by atoms with van der Waals surface area (Å²) in [6.07, 6.45) is 2.10. The Morgan fingerprint density at radius 1 is 1.33 bits per heavy atom. The number of benzene rings is 1. The topological polar surface area (TPSA) is 37.0 Å². The number of rotatable bonds is 5. The predicted octanol–water partition coefficient (Wildman–Crippen LogP) is 3.41. The highest BCUT2D eigenvalue weighted by Crippen LogP contribution is 2.32. The van der Waals surface area contributed by atoms with Gasteiger partial charge in [-0.25, -0.2) is 0 Å².